The summed E-state index contributed by atoms with van der Waals surface area (Å²) in [7, 11) is 0. The van der Waals surface area contributed by atoms with Gasteiger partial charge in [-0.3, -0.25) is 0 Å². The van der Waals surface area contributed by atoms with E-state index < -0.39 is 0 Å². The highest BCUT2D eigenvalue weighted by Gasteiger charge is 2.08. The number of oxime groups is 1. The van der Waals surface area contributed by atoms with Gasteiger partial charge in [0, 0.05) is 19.4 Å². The van der Waals surface area contributed by atoms with E-state index in [9.17, 15) is 0 Å². The first-order valence-corrected chi connectivity index (χ1v) is 5.66. The van der Waals surface area contributed by atoms with Crippen LogP contribution in [0, 0.1) is 0 Å². The van der Waals surface area contributed by atoms with E-state index in [1.54, 1.807) is 0 Å². The molecular weight excluding hydrogens is 216 g/mol. The Morgan fingerprint density at radius 3 is 2.94 bits per heavy atom. The zero-order valence-corrected chi connectivity index (χ0v) is 9.80. The average molecular weight is 232 g/mol. The number of aryl methyl sites for hydroxylation is 2. The lowest BCUT2D eigenvalue weighted by molar-refractivity contribution is 0.316. The molecule has 0 unspecified atom stereocenters. The number of benzene rings is 1. The number of fused-ring (bicyclic) bond motifs is 1. The largest absolute Gasteiger partial charge is 0.409 e. The van der Waals surface area contributed by atoms with Gasteiger partial charge in [-0.15, -0.1) is 0 Å². The monoisotopic (exact) mass is 232 g/mol. The molecule has 0 amide bonds. The third-order valence-electron chi connectivity index (χ3n) is 2.77. The van der Waals surface area contributed by atoms with Gasteiger partial charge in [-0.25, -0.2) is 4.98 Å². The normalized spacial score (nSPS) is 12.2. The Kier molecular flexibility index (Phi) is 3.27. The van der Waals surface area contributed by atoms with Crippen LogP contribution in [0.15, 0.2) is 29.4 Å². The molecule has 0 radical (unpaired) electrons. The van der Waals surface area contributed by atoms with Crippen molar-refractivity contribution in [1.82, 2.24) is 9.55 Å². The van der Waals surface area contributed by atoms with Gasteiger partial charge in [0.2, 0.25) is 0 Å². The molecule has 5 nitrogen and oxygen atoms in total. The zero-order chi connectivity index (χ0) is 12.3. The Balaban J connectivity index is 2.36. The highest BCUT2D eigenvalue weighted by Crippen LogP contribution is 2.16. The van der Waals surface area contributed by atoms with Gasteiger partial charge in [0.05, 0.1) is 11.0 Å². The number of nitrogens with two attached hydrogens (primary N) is 1. The summed E-state index contributed by atoms with van der Waals surface area (Å²) in [5.41, 5.74) is 7.57. The van der Waals surface area contributed by atoms with Gasteiger partial charge < -0.3 is 15.5 Å². The Morgan fingerprint density at radius 1 is 1.47 bits per heavy atom. The highest BCUT2D eigenvalue weighted by atomic mass is 16.4. The number of aromatic nitrogens is 2. The molecule has 2 aromatic rings. The first kappa shape index (κ1) is 11.4. The minimum absolute atomic E-state index is 0.241. The third kappa shape index (κ3) is 2.22. The maximum atomic E-state index is 8.54. The van der Waals surface area contributed by atoms with E-state index in [0.29, 0.717) is 13.0 Å². The van der Waals surface area contributed by atoms with E-state index in [0.717, 1.165) is 23.3 Å². The number of para-hydroxylation sites is 2. The van der Waals surface area contributed by atoms with E-state index in [2.05, 4.69) is 21.6 Å². The van der Waals surface area contributed by atoms with Gasteiger partial charge in [0.15, 0.2) is 0 Å². The molecule has 0 fully saturated rings. The molecule has 3 N–H and O–H groups in total. The van der Waals surface area contributed by atoms with Crippen LogP contribution >= 0.6 is 0 Å². The maximum Gasteiger partial charge on any atom is 0.140 e. The lowest BCUT2D eigenvalue weighted by Crippen LogP contribution is -2.15. The predicted molar refractivity (Wildman–Crippen MR) is 67.1 cm³/mol. The molecule has 1 heterocycles. The molecule has 1 aromatic carbocycles. The summed E-state index contributed by atoms with van der Waals surface area (Å²) in [5.74, 6) is 1.27. The number of hydrogen-bond acceptors (Lipinski definition) is 3. The van der Waals surface area contributed by atoms with E-state index in [1.807, 2.05) is 24.3 Å². The van der Waals surface area contributed by atoms with Crippen molar-refractivity contribution in [3.63, 3.8) is 0 Å². The minimum atomic E-state index is 0.241. The second kappa shape index (κ2) is 4.86. The van der Waals surface area contributed by atoms with Gasteiger partial charge in [-0.1, -0.05) is 24.2 Å². The average Bonchev–Trinajstić information content (AvgIpc) is 2.73. The van der Waals surface area contributed by atoms with E-state index in [4.69, 9.17) is 10.9 Å². The van der Waals surface area contributed by atoms with Crippen LogP contribution in [0.4, 0.5) is 0 Å². The van der Waals surface area contributed by atoms with Crippen molar-refractivity contribution >= 4 is 16.9 Å². The number of imidazole rings is 1. The molecule has 0 bridgehead atoms. The van der Waals surface area contributed by atoms with Crippen LogP contribution in [-0.4, -0.2) is 20.6 Å². The number of rotatable bonds is 4. The summed E-state index contributed by atoms with van der Waals surface area (Å²) < 4.78 is 2.12. The zero-order valence-electron chi connectivity index (χ0n) is 9.80. The molecule has 1 aromatic heterocycles. The van der Waals surface area contributed by atoms with Gasteiger partial charge in [0.1, 0.15) is 11.7 Å². The van der Waals surface area contributed by atoms with Crippen LogP contribution < -0.4 is 5.73 Å². The smallest absolute Gasteiger partial charge is 0.140 e. The van der Waals surface area contributed by atoms with Crippen LogP contribution in [0.1, 0.15) is 19.2 Å². The van der Waals surface area contributed by atoms with E-state index in [1.165, 1.54) is 0 Å². The molecule has 0 atom stereocenters. The van der Waals surface area contributed by atoms with Crippen molar-refractivity contribution in [2.75, 3.05) is 0 Å². The third-order valence-corrected chi connectivity index (χ3v) is 2.77. The molecule has 0 saturated carbocycles. The van der Waals surface area contributed by atoms with Crippen molar-refractivity contribution in [2.24, 2.45) is 10.9 Å². The first-order valence-electron chi connectivity index (χ1n) is 5.66. The van der Waals surface area contributed by atoms with Crippen LogP contribution in [0.3, 0.4) is 0 Å². The lowest BCUT2D eigenvalue weighted by atomic mass is 10.3. The molecular formula is C12H16N4O. The molecule has 2 rings (SSSR count). The summed E-state index contributed by atoms with van der Waals surface area (Å²) in [6, 6.07) is 7.99. The fraction of sp³-hybridized carbons (Fsp3) is 0.333. The summed E-state index contributed by atoms with van der Waals surface area (Å²) in [4.78, 5) is 4.55. The maximum absolute atomic E-state index is 8.54. The molecule has 17 heavy (non-hydrogen) atoms. The van der Waals surface area contributed by atoms with Gasteiger partial charge >= 0.3 is 0 Å². The SMILES string of the molecule is CCc1nc2ccccc2n1CC/C(N)=N\O. The van der Waals surface area contributed by atoms with Crippen molar-refractivity contribution in [3.8, 4) is 0 Å². The Hall–Kier alpha value is -2.04. The Bertz CT molecular complexity index is 544. The van der Waals surface area contributed by atoms with Crippen LogP contribution in [0.5, 0.6) is 0 Å². The summed E-state index contributed by atoms with van der Waals surface area (Å²) in [6.07, 6.45) is 1.38. The van der Waals surface area contributed by atoms with Crippen molar-refractivity contribution < 1.29 is 5.21 Å². The standard InChI is InChI=1S/C12H16N4O/c1-2-12-14-9-5-3-4-6-10(9)16(12)8-7-11(13)15-17/h3-6,17H,2,7-8H2,1H3,(H2,13,15). The first-order chi connectivity index (χ1) is 8.26. The van der Waals surface area contributed by atoms with E-state index >= 15 is 0 Å². The Labute approximate surface area is 99.6 Å². The molecule has 0 aliphatic heterocycles. The number of hydrogen-bond donors (Lipinski definition) is 2. The number of nitrogens with zero attached hydrogens (tertiary/aromatic N) is 3. The number of amidine groups is 1. The summed E-state index contributed by atoms with van der Waals surface area (Å²) in [5, 5.41) is 11.5. The van der Waals surface area contributed by atoms with Gasteiger partial charge in [0.25, 0.3) is 0 Å². The van der Waals surface area contributed by atoms with Crippen molar-refractivity contribution in [1.29, 1.82) is 0 Å². The van der Waals surface area contributed by atoms with E-state index in [-0.39, 0.29) is 5.84 Å². The fourth-order valence-corrected chi connectivity index (χ4v) is 1.92. The van der Waals surface area contributed by atoms with Crippen molar-refractivity contribution in [3.05, 3.63) is 30.1 Å². The second-order valence-corrected chi connectivity index (χ2v) is 3.86. The van der Waals surface area contributed by atoms with Crippen LogP contribution in [0.2, 0.25) is 0 Å². The molecule has 0 aliphatic rings. The molecule has 0 saturated heterocycles. The molecule has 90 valence electrons. The fourth-order valence-electron chi connectivity index (χ4n) is 1.92. The lowest BCUT2D eigenvalue weighted by Gasteiger charge is -2.06. The molecule has 0 spiro atoms. The molecule has 5 heteroatoms. The Morgan fingerprint density at radius 2 is 2.24 bits per heavy atom. The predicted octanol–water partition coefficient (Wildman–Crippen LogP) is 1.74. The topological polar surface area (TPSA) is 76.4 Å². The van der Waals surface area contributed by atoms with Crippen LogP contribution in [0.25, 0.3) is 11.0 Å². The van der Waals surface area contributed by atoms with Crippen LogP contribution in [-0.2, 0) is 13.0 Å². The highest BCUT2D eigenvalue weighted by molar-refractivity contribution is 5.80. The van der Waals surface area contributed by atoms with Gasteiger partial charge in [-0.2, -0.15) is 0 Å². The van der Waals surface area contributed by atoms with Gasteiger partial charge in [-0.05, 0) is 12.1 Å². The van der Waals surface area contributed by atoms with Crippen molar-refractivity contribution in [2.45, 2.75) is 26.3 Å². The second-order valence-electron chi connectivity index (χ2n) is 3.86. The quantitative estimate of drug-likeness (QED) is 0.365. The summed E-state index contributed by atoms with van der Waals surface area (Å²) >= 11 is 0. The molecule has 0 aliphatic carbocycles. The summed E-state index contributed by atoms with van der Waals surface area (Å²) in [6.45, 7) is 2.75. The minimum Gasteiger partial charge on any atom is -0.409 e.